The van der Waals surface area contributed by atoms with E-state index in [4.69, 9.17) is 16.3 Å². The van der Waals surface area contributed by atoms with Crippen LogP contribution in [0.4, 0.5) is 11.5 Å². The summed E-state index contributed by atoms with van der Waals surface area (Å²) < 4.78 is 6.94. The van der Waals surface area contributed by atoms with Gasteiger partial charge in [-0.05, 0) is 48.9 Å². The lowest BCUT2D eigenvalue weighted by molar-refractivity contribution is -0.132. The predicted octanol–water partition coefficient (Wildman–Crippen LogP) is 4.17. The number of fused-ring (bicyclic) bond motifs is 1. The van der Waals surface area contributed by atoms with Crippen molar-refractivity contribution in [3.63, 3.8) is 0 Å². The van der Waals surface area contributed by atoms with Crippen LogP contribution < -0.4 is 15.4 Å². The molecule has 3 N–H and O–H groups in total. The van der Waals surface area contributed by atoms with Gasteiger partial charge >= 0.3 is 5.97 Å². The van der Waals surface area contributed by atoms with E-state index in [1.54, 1.807) is 53.2 Å². The molecular weight excluding hydrogens is 420 g/mol. The molecule has 8 nitrogen and oxygen atoms in total. The van der Waals surface area contributed by atoms with Crippen molar-refractivity contribution in [3.8, 4) is 5.75 Å². The first-order valence-corrected chi connectivity index (χ1v) is 9.94. The normalized spacial score (nSPS) is 14.8. The monoisotopic (exact) mass is 438 g/mol. The van der Waals surface area contributed by atoms with Gasteiger partial charge in [-0.1, -0.05) is 29.8 Å². The molecule has 2 aromatic carbocycles. The van der Waals surface area contributed by atoms with Crippen LogP contribution in [0, 0.1) is 0 Å². The molecule has 1 amide bonds. The highest BCUT2D eigenvalue weighted by Crippen LogP contribution is 2.35. The molecule has 0 spiro atoms. The van der Waals surface area contributed by atoms with E-state index in [0.717, 1.165) is 0 Å². The van der Waals surface area contributed by atoms with E-state index >= 15 is 0 Å². The second-order valence-corrected chi connectivity index (χ2v) is 7.15. The molecule has 2 heterocycles. The highest BCUT2D eigenvalue weighted by atomic mass is 35.5. The third-order valence-electron chi connectivity index (χ3n) is 4.76. The maximum absolute atomic E-state index is 12.9. The zero-order chi connectivity index (χ0) is 22.0. The summed E-state index contributed by atoms with van der Waals surface area (Å²) in [5, 5.41) is 19.9. The summed E-state index contributed by atoms with van der Waals surface area (Å²) in [6.45, 7) is 2.44. The highest BCUT2D eigenvalue weighted by molar-refractivity contribution is 6.31. The molecule has 3 aromatic rings. The van der Waals surface area contributed by atoms with E-state index in [1.165, 1.54) is 12.3 Å². The average Bonchev–Trinajstić information content (AvgIpc) is 3.19. The fraction of sp³-hybridized carbons (Fsp3) is 0.136. The maximum Gasteiger partial charge on any atom is 0.352 e. The van der Waals surface area contributed by atoms with Crippen molar-refractivity contribution >= 4 is 35.0 Å². The van der Waals surface area contributed by atoms with Gasteiger partial charge in [0.2, 0.25) is 0 Å². The van der Waals surface area contributed by atoms with Gasteiger partial charge in [-0.15, -0.1) is 0 Å². The van der Waals surface area contributed by atoms with Crippen LogP contribution in [0.3, 0.4) is 0 Å². The maximum atomic E-state index is 12.9. The summed E-state index contributed by atoms with van der Waals surface area (Å²) in [6.07, 6.45) is 2.91. The number of carboxylic acid groups (broad SMARTS) is 1. The number of aliphatic carboxylic acids is 1. The van der Waals surface area contributed by atoms with E-state index < -0.39 is 17.9 Å². The number of ether oxygens (including phenoxy) is 1. The summed E-state index contributed by atoms with van der Waals surface area (Å²) >= 11 is 6.34. The second kappa shape index (κ2) is 8.53. The Labute approximate surface area is 183 Å². The molecule has 31 heavy (non-hydrogen) atoms. The number of benzene rings is 2. The molecule has 0 saturated carbocycles. The number of anilines is 2. The minimum Gasteiger partial charge on any atom is -0.494 e. The lowest BCUT2D eigenvalue weighted by atomic mass is 10.0. The Bertz CT molecular complexity index is 1170. The van der Waals surface area contributed by atoms with Crippen molar-refractivity contribution < 1.29 is 19.4 Å². The van der Waals surface area contributed by atoms with Crippen LogP contribution in [0.25, 0.3) is 0 Å². The topological polar surface area (TPSA) is 105 Å². The Morgan fingerprint density at radius 1 is 1.23 bits per heavy atom. The van der Waals surface area contributed by atoms with Crippen LogP contribution in [0.2, 0.25) is 5.02 Å². The number of hydrogen-bond donors (Lipinski definition) is 3. The third-order valence-corrected chi connectivity index (χ3v) is 5.10. The molecule has 0 aliphatic carbocycles. The Morgan fingerprint density at radius 3 is 2.65 bits per heavy atom. The summed E-state index contributed by atoms with van der Waals surface area (Å²) in [5.74, 6) is -0.609. The van der Waals surface area contributed by atoms with E-state index in [1.807, 2.05) is 6.92 Å². The van der Waals surface area contributed by atoms with E-state index in [9.17, 15) is 14.7 Å². The standard InChI is InChI=1S/C22H19ClN4O4/c1-2-31-14-9-7-13(8-10-14)25-21(28)16-12-24-27-19(15-5-3-4-6-17(15)23)11-18(22(29)30)26-20(16)27/h3-12,19,26H,2H2,1H3,(H,25,28)(H,29,30)/t19-/m1/s1. The number of allylic oxidation sites excluding steroid dienone is 1. The Morgan fingerprint density at radius 2 is 1.97 bits per heavy atom. The van der Waals surface area contributed by atoms with Gasteiger partial charge in [0.15, 0.2) is 0 Å². The zero-order valence-electron chi connectivity index (χ0n) is 16.5. The molecule has 0 radical (unpaired) electrons. The number of hydrogen-bond acceptors (Lipinski definition) is 5. The van der Waals surface area contributed by atoms with Crippen LogP contribution in [-0.2, 0) is 4.79 Å². The number of rotatable bonds is 6. The number of nitrogens with one attached hydrogen (secondary N) is 2. The van der Waals surface area contributed by atoms with Crippen molar-refractivity contribution in [2.75, 3.05) is 17.2 Å². The lowest BCUT2D eigenvalue weighted by Crippen LogP contribution is -2.25. The van der Waals surface area contributed by atoms with Gasteiger partial charge in [0.05, 0.1) is 12.8 Å². The first-order chi connectivity index (χ1) is 15.0. The van der Waals surface area contributed by atoms with Crippen LogP contribution in [0.1, 0.15) is 28.9 Å². The number of halogens is 1. The molecule has 1 aliphatic heterocycles. The molecule has 4 rings (SSSR count). The van der Waals surface area contributed by atoms with Gasteiger partial charge in [0.25, 0.3) is 5.91 Å². The number of carboxylic acids is 1. The largest absolute Gasteiger partial charge is 0.494 e. The molecule has 0 fully saturated rings. The molecule has 0 unspecified atom stereocenters. The van der Waals surface area contributed by atoms with Crippen LogP contribution in [0.15, 0.2) is 66.5 Å². The summed E-state index contributed by atoms with van der Waals surface area (Å²) in [6, 6.07) is 13.5. The molecular formula is C22H19ClN4O4. The molecule has 1 aliphatic rings. The average molecular weight is 439 g/mol. The first kappa shape index (κ1) is 20.5. The highest BCUT2D eigenvalue weighted by Gasteiger charge is 2.30. The van der Waals surface area contributed by atoms with Crippen molar-refractivity contribution in [2.24, 2.45) is 0 Å². The molecule has 158 valence electrons. The van der Waals surface area contributed by atoms with Crippen LogP contribution in [0.5, 0.6) is 5.75 Å². The summed E-state index contributed by atoms with van der Waals surface area (Å²) in [4.78, 5) is 24.6. The molecule has 9 heteroatoms. The fourth-order valence-electron chi connectivity index (χ4n) is 3.32. The van der Waals surface area contributed by atoms with Gasteiger partial charge in [-0.25, -0.2) is 9.48 Å². The number of carbonyl (C=O) groups excluding carboxylic acids is 1. The van der Waals surface area contributed by atoms with Crippen molar-refractivity contribution in [1.82, 2.24) is 9.78 Å². The first-order valence-electron chi connectivity index (χ1n) is 9.56. The number of carbonyl (C=O) groups is 2. The smallest absolute Gasteiger partial charge is 0.352 e. The van der Waals surface area contributed by atoms with E-state index in [-0.39, 0.29) is 17.1 Å². The second-order valence-electron chi connectivity index (χ2n) is 6.74. The van der Waals surface area contributed by atoms with Crippen LogP contribution in [-0.4, -0.2) is 33.4 Å². The van der Waals surface area contributed by atoms with Crippen molar-refractivity contribution in [3.05, 3.63) is 82.7 Å². The minimum absolute atomic E-state index is 0.0620. The Kier molecular flexibility index (Phi) is 5.64. The van der Waals surface area contributed by atoms with Gasteiger partial charge in [0.1, 0.15) is 28.9 Å². The van der Waals surface area contributed by atoms with Gasteiger partial charge in [-0.3, -0.25) is 4.79 Å². The van der Waals surface area contributed by atoms with E-state index in [2.05, 4.69) is 15.7 Å². The number of nitrogens with zero attached hydrogens (tertiary/aromatic N) is 2. The quantitative estimate of drug-likeness (QED) is 0.533. The van der Waals surface area contributed by atoms with Crippen molar-refractivity contribution in [1.29, 1.82) is 0 Å². The number of amides is 1. The predicted molar refractivity (Wildman–Crippen MR) is 117 cm³/mol. The molecule has 1 atom stereocenters. The summed E-state index contributed by atoms with van der Waals surface area (Å²) in [7, 11) is 0. The lowest BCUT2D eigenvalue weighted by Gasteiger charge is -2.25. The third kappa shape index (κ3) is 4.10. The minimum atomic E-state index is -1.15. The zero-order valence-corrected chi connectivity index (χ0v) is 17.3. The molecule has 0 saturated heterocycles. The van der Waals surface area contributed by atoms with Crippen molar-refractivity contribution in [2.45, 2.75) is 13.0 Å². The molecule has 0 bridgehead atoms. The van der Waals surface area contributed by atoms with Gasteiger partial charge in [0, 0.05) is 10.7 Å². The Hall–Kier alpha value is -3.78. The SMILES string of the molecule is CCOc1ccc(NC(=O)c2cnn3c2NC(C(=O)O)=C[C@@H]3c2ccccc2Cl)cc1. The van der Waals surface area contributed by atoms with Crippen LogP contribution >= 0.6 is 11.6 Å². The number of aromatic nitrogens is 2. The molecule has 1 aromatic heterocycles. The van der Waals surface area contributed by atoms with E-state index in [0.29, 0.717) is 28.6 Å². The fourth-order valence-corrected chi connectivity index (χ4v) is 3.57. The Balaban J connectivity index is 1.66. The summed E-state index contributed by atoms with van der Waals surface area (Å²) in [5.41, 5.74) is 1.39. The van der Waals surface area contributed by atoms with Gasteiger partial charge in [-0.2, -0.15) is 5.10 Å². The van der Waals surface area contributed by atoms with Gasteiger partial charge < -0.3 is 20.5 Å².